The van der Waals surface area contributed by atoms with E-state index in [-0.39, 0.29) is 49.1 Å². The smallest absolute Gasteiger partial charge is 0.306 e. The Morgan fingerprint density at radius 1 is 0.585 bits per heavy atom. The zero-order chi connectivity index (χ0) is 39.3. The van der Waals surface area contributed by atoms with Crippen molar-refractivity contribution in [3.63, 3.8) is 0 Å². The normalized spacial score (nSPS) is 13.8. The predicted molar refractivity (Wildman–Crippen MR) is 217 cm³/mol. The quantitative estimate of drug-likeness (QED) is 0.0276. The molecule has 8 nitrogen and oxygen atoms in total. The predicted octanol–water partition coefficient (Wildman–Crippen LogP) is 9.46. The molecule has 0 aromatic rings. The van der Waals surface area contributed by atoms with Crippen molar-refractivity contribution in [2.24, 2.45) is 0 Å². The molecule has 0 aliphatic rings. The molecule has 0 aromatic heterocycles. The molecule has 0 rings (SSSR count). The minimum atomic E-state index is -1.14. The van der Waals surface area contributed by atoms with Gasteiger partial charge in [0.1, 0.15) is 12.6 Å². The van der Waals surface area contributed by atoms with E-state index in [0.717, 1.165) is 70.6 Å². The second-order valence-electron chi connectivity index (χ2n) is 14.5. The van der Waals surface area contributed by atoms with Crippen LogP contribution in [0.4, 0.5) is 0 Å². The van der Waals surface area contributed by atoms with E-state index in [1.807, 2.05) is 0 Å². The number of carbonyl (C=O) groups is 3. The molecule has 53 heavy (non-hydrogen) atoms. The van der Waals surface area contributed by atoms with E-state index >= 15 is 0 Å². The van der Waals surface area contributed by atoms with Crippen LogP contribution < -0.4 is 5.11 Å². The molecule has 2 atom stereocenters. The summed E-state index contributed by atoms with van der Waals surface area (Å²) in [4.78, 5) is 36.6. The van der Waals surface area contributed by atoms with Gasteiger partial charge in [-0.1, -0.05) is 132 Å². The highest BCUT2D eigenvalue weighted by molar-refractivity contribution is 5.70. The van der Waals surface area contributed by atoms with Crippen LogP contribution in [0, 0.1) is 0 Å². The molecule has 0 amide bonds. The van der Waals surface area contributed by atoms with Crippen LogP contribution in [0.2, 0.25) is 0 Å². The number of rotatable bonds is 35. The third kappa shape index (κ3) is 34.3. The average molecular weight is 742 g/mol. The highest BCUT2D eigenvalue weighted by atomic mass is 16.6. The summed E-state index contributed by atoms with van der Waals surface area (Å²) >= 11 is 0. The van der Waals surface area contributed by atoms with Gasteiger partial charge in [-0.2, -0.15) is 0 Å². The van der Waals surface area contributed by atoms with Crippen molar-refractivity contribution < 1.29 is 38.2 Å². The maximum atomic E-state index is 12.7. The van der Waals surface area contributed by atoms with Gasteiger partial charge < -0.3 is 28.6 Å². The summed E-state index contributed by atoms with van der Waals surface area (Å²) in [5.74, 6) is -1.81. The molecular weight excluding hydrogens is 666 g/mol. The van der Waals surface area contributed by atoms with Crippen LogP contribution in [0.15, 0.2) is 72.9 Å². The molecular formula is C45H75NO7. The first kappa shape index (κ1) is 49.8. The van der Waals surface area contributed by atoms with Crippen molar-refractivity contribution in [2.75, 3.05) is 41.0 Å². The number of quaternary nitrogens is 1. The molecule has 0 N–H and O–H groups in total. The number of likely N-dealkylation sites (N-methyl/N-ethyl adjacent to an activating group) is 1. The lowest BCUT2D eigenvalue weighted by atomic mass is 10.1. The third-order valence-corrected chi connectivity index (χ3v) is 8.61. The van der Waals surface area contributed by atoms with E-state index < -0.39 is 18.1 Å². The van der Waals surface area contributed by atoms with Gasteiger partial charge in [-0.3, -0.25) is 9.59 Å². The fourth-order valence-electron chi connectivity index (χ4n) is 5.42. The van der Waals surface area contributed by atoms with Gasteiger partial charge in [0.15, 0.2) is 6.10 Å². The van der Waals surface area contributed by atoms with Gasteiger partial charge in [-0.05, 0) is 64.2 Å². The zero-order valence-electron chi connectivity index (χ0n) is 34.2. The molecule has 0 aliphatic heterocycles. The van der Waals surface area contributed by atoms with Crippen molar-refractivity contribution in [3.8, 4) is 0 Å². The molecule has 0 aromatic carbocycles. The van der Waals surface area contributed by atoms with E-state index in [1.165, 1.54) is 32.1 Å². The molecule has 0 heterocycles. The summed E-state index contributed by atoms with van der Waals surface area (Å²) in [6.07, 6.45) is 43.7. The highest BCUT2D eigenvalue weighted by Gasteiger charge is 2.25. The van der Waals surface area contributed by atoms with Crippen molar-refractivity contribution in [3.05, 3.63) is 72.9 Å². The van der Waals surface area contributed by atoms with Gasteiger partial charge in [0.25, 0.3) is 0 Å². The van der Waals surface area contributed by atoms with Crippen LogP contribution in [-0.2, 0) is 28.6 Å². The van der Waals surface area contributed by atoms with Crippen LogP contribution >= 0.6 is 0 Å². The largest absolute Gasteiger partial charge is 0.544 e. The minimum Gasteiger partial charge on any atom is -0.544 e. The van der Waals surface area contributed by atoms with E-state index in [2.05, 4.69) is 86.8 Å². The first-order valence-electron chi connectivity index (χ1n) is 20.5. The number of unbranched alkanes of at least 4 members (excludes halogenated alkanes) is 9. The van der Waals surface area contributed by atoms with Crippen LogP contribution in [0.3, 0.4) is 0 Å². The van der Waals surface area contributed by atoms with Gasteiger partial charge >= 0.3 is 11.9 Å². The van der Waals surface area contributed by atoms with Gasteiger partial charge in [0.05, 0.1) is 40.3 Å². The standard InChI is InChI=1S/C45H75NO7/c1-6-8-10-12-14-16-17-18-19-20-21-22-23-24-25-26-27-28-30-32-34-36-44(48)53-41(39-51-38-37-42(45(49)50)46(3,4)5)40-52-43(47)35-33-31-29-15-13-11-9-7-2/h8,10,14,16,18-19,21-22,24-25,27-28,41-42H,6-7,9,11-13,15,17,20,23,26,29-40H2,1-5H3/b10-8+,16-14+,19-18+,22-21+,25-24+,28-27+. The van der Waals surface area contributed by atoms with E-state index in [1.54, 1.807) is 21.1 Å². The van der Waals surface area contributed by atoms with Crippen molar-refractivity contribution in [1.29, 1.82) is 0 Å². The SMILES string of the molecule is CC/C=C/C/C=C/C/C=C/C/C=C/C/C=C/C/C=C/CCCCC(=O)OC(COCCC(C(=O)[O-])[N+](C)(C)C)COC(=O)CCCCCCCCCC. The maximum Gasteiger partial charge on any atom is 0.306 e. The topological polar surface area (TPSA) is 102 Å². The second kappa shape index (κ2) is 35.8. The van der Waals surface area contributed by atoms with Gasteiger partial charge in [-0.15, -0.1) is 0 Å². The molecule has 0 saturated heterocycles. The molecule has 2 unspecified atom stereocenters. The lowest BCUT2D eigenvalue weighted by Crippen LogP contribution is -2.55. The van der Waals surface area contributed by atoms with Gasteiger partial charge in [-0.25, -0.2) is 0 Å². The maximum absolute atomic E-state index is 12.7. The van der Waals surface area contributed by atoms with Crippen LogP contribution in [0.1, 0.15) is 142 Å². The third-order valence-electron chi connectivity index (χ3n) is 8.61. The van der Waals surface area contributed by atoms with Crippen molar-refractivity contribution in [2.45, 2.75) is 154 Å². The highest BCUT2D eigenvalue weighted by Crippen LogP contribution is 2.12. The summed E-state index contributed by atoms with van der Waals surface area (Å²) in [6, 6.07) is -0.735. The number of hydrogen-bond acceptors (Lipinski definition) is 7. The Morgan fingerprint density at radius 3 is 1.57 bits per heavy atom. The Bertz CT molecular complexity index is 1100. The molecule has 8 heteroatoms. The molecule has 0 bridgehead atoms. The number of hydrogen-bond donors (Lipinski definition) is 0. The van der Waals surface area contributed by atoms with Crippen LogP contribution in [-0.4, -0.2) is 75.5 Å². The number of esters is 2. The van der Waals surface area contributed by atoms with Crippen molar-refractivity contribution >= 4 is 17.9 Å². The van der Waals surface area contributed by atoms with Crippen molar-refractivity contribution in [1.82, 2.24) is 0 Å². The van der Waals surface area contributed by atoms with E-state index in [0.29, 0.717) is 12.8 Å². The monoisotopic (exact) mass is 742 g/mol. The zero-order valence-corrected chi connectivity index (χ0v) is 34.2. The molecule has 0 fully saturated rings. The fourth-order valence-corrected chi connectivity index (χ4v) is 5.42. The summed E-state index contributed by atoms with van der Waals surface area (Å²) in [6.45, 7) is 4.44. The molecule has 0 aliphatic carbocycles. The second-order valence-corrected chi connectivity index (χ2v) is 14.5. The number of carbonyl (C=O) groups excluding carboxylic acids is 3. The summed E-state index contributed by atoms with van der Waals surface area (Å²) in [5, 5.41) is 11.6. The Hall–Kier alpha value is -3.23. The number of carboxylic acids is 1. The summed E-state index contributed by atoms with van der Waals surface area (Å²) in [7, 11) is 5.37. The first-order chi connectivity index (χ1) is 25.6. The summed E-state index contributed by atoms with van der Waals surface area (Å²) in [5.41, 5.74) is 0. The molecule has 0 saturated carbocycles. The van der Waals surface area contributed by atoms with Gasteiger partial charge in [0.2, 0.25) is 0 Å². The number of aliphatic carboxylic acids is 1. The van der Waals surface area contributed by atoms with Crippen LogP contribution in [0.25, 0.3) is 0 Å². The number of allylic oxidation sites excluding steroid dienone is 12. The molecule has 0 radical (unpaired) electrons. The number of ether oxygens (including phenoxy) is 3. The first-order valence-corrected chi connectivity index (χ1v) is 20.5. The molecule has 0 spiro atoms. The van der Waals surface area contributed by atoms with E-state index in [9.17, 15) is 19.5 Å². The Morgan fingerprint density at radius 2 is 1.06 bits per heavy atom. The number of nitrogens with zero attached hydrogens (tertiary/aromatic N) is 1. The van der Waals surface area contributed by atoms with Crippen LogP contribution in [0.5, 0.6) is 0 Å². The number of carboxylic acid groups (broad SMARTS) is 1. The lowest BCUT2D eigenvalue weighted by molar-refractivity contribution is -0.889. The summed E-state index contributed by atoms with van der Waals surface area (Å²) < 4.78 is 17.0. The minimum absolute atomic E-state index is 0.0201. The average Bonchev–Trinajstić information content (AvgIpc) is 3.11. The lowest BCUT2D eigenvalue weighted by Gasteiger charge is -2.34. The Labute approximate surface area is 323 Å². The molecule has 302 valence electrons. The van der Waals surface area contributed by atoms with Gasteiger partial charge in [0, 0.05) is 19.3 Å². The van der Waals surface area contributed by atoms with E-state index in [4.69, 9.17) is 14.2 Å². The Kier molecular flexibility index (Phi) is 33.6. The Balaban J connectivity index is 4.43. The fraction of sp³-hybridized carbons (Fsp3) is 0.667.